The van der Waals surface area contributed by atoms with E-state index in [0.717, 1.165) is 31.1 Å². The van der Waals surface area contributed by atoms with Gasteiger partial charge < -0.3 is 9.84 Å². The van der Waals surface area contributed by atoms with Gasteiger partial charge in [0.05, 0.1) is 7.11 Å². The lowest BCUT2D eigenvalue weighted by Crippen LogP contribution is -2.33. The second kappa shape index (κ2) is 7.19. The van der Waals surface area contributed by atoms with Crippen LogP contribution >= 0.6 is 11.6 Å². The van der Waals surface area contributed by atoms with Crippen molar-refractivity contribution in [3.63, 3.8) is 0 Å². The highest BCUT2D eigenvalue weighted by molar-refractivity contribution is 6.30. The van der Waals surface area contributed by atoms with E-state index in [4.69, 9.17) is 16.3 Å². The Hall–Kier alpha value is -0.930. The third-order valence-electron chi connectivity index (χ3n) is 4.14. The van der Waals surface area contributed by atoms with Crippen molar-refractivity contribution in [2.24, 2.45) is 5.92 Å². The zero-order chi connectivity index (χ0) is 14.5. The quantitative estimate of drug-likeness (QED) is 0.889. The summed E-state index contributed by atoms with van der Waals surface area (Å²) in [5.41, 5.74) is 0.850. The number of methoxy groups -OCH3 is 1. The first kappa shape index (κ1) is 15.5. The molecule has 1 heterocycles. The summed E-state index contributed by atoms with van der Waals surface area (Å²) >= 11 is 6.07. The van der Waals surface area contributed by atoms with Gasteiger partial charge in [-0.2, -0.15) is 0 Å². The van der Waals surface area contributed by atoms with Crippen molar-refractivity contribution in [3.05, 3.63) is 22.7 Å². The van der Waals surface area contributed by atoms with Crippen LogP contribution in [0.1, 0.15) is 38.2 Å². The summed E-state index contributed by atoms with van der Waals surface area (Å²) in [7, 11) is 1.55. The van der Waals surface area contributed by atoms with Gasteiger partial charge in [-0.1, -0.05) is 31.4 Å². The standard InChI is InChI=1S/C16H24ClNO2/c1-3-4-12-5-7-18(8-6-12)11-13-9-14(17)10-15(20-2)16(13)19/h9-10,12,19H,3-8,11H2,1-2H3. The van der Waals surface area contributed by atoms with E-state index < -0.39 is 0 Å². The molecule has 0 unspecified atom stereocenters. The number of piperidine rings is 1. The fourth-order valence-electron chi connectivity index (χ4n) is 2.99. The number of hydrogen-bond donors (Lipinski definition) is 1. The number of benzene rings is 1. The molecule has 0 radical (unpaired) electrons. The molecule has 1 N–H and O–H groups in total. The molecule has 1 aliphatic heterocycles. The molecular weight excluding hydrogens is 274 g/mol. The Morgan fingerprint density at radius 3 is 2.65 bits per heavy atom. The van der Waals surface area contributed by atoms with E-state index in [1.807, 2.05) is 6.07 Å². The molecule has 4 heteroatoms. The van der Waals surface area contributed by atoms with Gasteiger partial charge in [0.2, 0.25) is 0 Å². The van der Waals surface area contributed by atoms with E-state index in [1.54, 1.807) is 13.2 Å². The van der Waals surface area contributed by atoms with Crippen molar-refractivity contribution in [1.29, 1.82) is 0 Å². The summed E-state index contributed by atoms with van der Waals surface area (Å²) in [5.74, 6) is 1.54. The molecule has 0 aromatic heterocycles. The van der Waals surface area contributed by atoms with Crippen LogP contribution in [-0.2, 0) is 6.54 Å². The van der Waals surface area contributed by atoms with Crippen LogP contribution in [0.15, 0.2) is 12.1 Å². The fourth-order valence-corrected chi connectivity index (χ4v) is 3.22. The van der Waals surface area contributed by atoms with Crippen LogP contribution in [0.25, 0.3) is 0 Å². The minimum absolute atomic E-state index is 0.215. The molecule has 3 nitrogen and oxygen atoms in total. The Morgan fingerprint density at radius 1 is 1.35 bits per heavy atom. The number of nitrogens with zero attached hydrogens (tertiary/aromatic N) is 1. The number of phenols is 1. The molecule has 1 aromatic carbocycles. The molecule has 2 rings (SSSR count). The molecule has 0 spiro atoms. The molecule has 1 saturated heterocycles. The van der Waals surface area contributed by atoms with Gasteiger partial charge in [-0.15, -0.1) is 0 Å². The highest BCUT2D eigenvalue weighted by atomic mass is 35.5. The highest BCUT2D eigenvalue weighted by Crippen LogP contribution is 2.34. The maximum Gasteiger partial charge on any atom is 0.162 e. The Balaban J connectivity index is 1.99. The first-order valence-electron chi connectivity index (χ1n) is 7.41. The van der Waals surface area contributed by atoms with Gasteiger partial charge in [0, 0.05) is 23.2 Å². The van der Waals surface area contributed by atoms with Gasteiger partial charge >= 0.3 is 0 Å². The summed E-state index contributed by atoms with van der Waals surface area (Å²) in [6, 6.07) is 3.48. The molecule has 0 saturated carbocycles. The molecular formula is C16H24ClNO2. The number of halogens is 1. The summed E-state index contributed by atoms with van der Waals surface area (Å²) in [6.45, 7) is 5.18. The topological polar surface area (TPSA) is 32.7 Å². The van der Waals surface area contributed by atoms with Crippen LogP contribution in [0, 0.1) is 5.92 Å². The molecule has 1 fully saturated rings. The summed E-state index contributed by atoms with van der Waals surface area (Å²) < 4.78 is 5.15. The van der Waals surface area contributed by atoms with Gasteiger partial charge in [0.15, 0.2) is 11.5 Å². The molecule has 0 bridgehead atoms. The van der Waals surface area contributed by atoms with Gasteiger partial charge in [-0.25, -0.2) is 0 Å². The summed E-state index contributed by atoms with van der Waals surface area (Å²) in [5, 5.41) is 10.8. The predicted molar refractivity (Wildman–Crippen MR) is 82.6 cm³/mol. The molecule has 0 atom stereocenters. The molecule has 1 aromatic rings. The van der Waals surface area contributed by atoms with Crippen molar-refractivity contribution in [2.45, 2.75) is 39.2 Å². The van der Waals surface area contributed by atoms with Crippen LogP contribution < -0.4 is 4.74 Å². The van der Waals surface area contributed by atoms with Gasteiger partial charge in [-0.3, -0.25) is 4.90 Å². The lowest BCUT2D eigenvalue weighted by Gasteiger charge is -2.32. The Bertz CT molecular complexity index is 442. The molecule has 0 aliphatic carbocycles. The normalized spacial score (nSPS) is 17.4. The molecule has 0 amide bonds. The van der Waals surface area contributed by atoms with Crippen LogP contribution in [0.3, 0.4) is 0 Å². The number of ether oxygens (including phenoxy) is 1. The zero-order valence-corrected chi connectivity index (χ0v) is 13.1. The third-order valence-corrected chi connectivity index (χ3v) is 4.35. The van der Waals surface area contributed by atoms with E-state index in [-0.39, 0.29) is 5.75 Å². The van der Waals surface area contributed by atoms with E-state index in [9.17, 15) is 5.11 Å². The highest BCUT2D eigenvalue weighted by Gasteiger charge is 2.20. The molecule has 1 aliphatic rings. The Kier molecular flexibility index (Phi) is 5.55. The van der Waals surface area contributed by atoms with E-state index in [2.05, 4.69) is 11.8 Å². The lowest BCUT2D eigenvalue weighted by atomic mass is 9.92. The van der Waals surface area contributed by atoms with Crippen molar-refractivity contribution < 1.29 is 9.84 Å². The fraction of sp³-hybridized carbons (Fsp3) is 0.625. The van der Waals surface area contributed by atoms with Crippen LogP contribution in [0.2, 0.25) is 5.02 Å². The van der Waals surface area contributed by atoms with Crippen LogP contribution in [0.4, 0.5) is 0 Å². The minimum atomic E-state index is 0.215. The molecule has 20 heavy (non-hydrogen) atoms. The summed E-state index contributed by atoms with van der Waals surface area (Å²) in [4.78, 5) is 2.39. The lowest BCUT2D eigenvalue weighted by molar-refractivity contribution is 0.170. The monoisotopic (exact) mass is 297 g/mol. The predicted octanol–water partition coefficient (Wildman–Crippen LogP) is 4.07. The van der Waals surface area contributed by atoms with Crippen molar-refractivity contribution in [1.82, 2.24) is 4.90 Å². The third kappa shape index (κ3) is 3.80. The van der Waals surface area contributed by atoms with Crippen molar-refractivity contribution in [3.8, 4) is 11.5 Å². The SMILES string of the molecule is CCCC1CCN(Cc2cc(Cl)cc(OC)c2O)CC1. The first-order valence-corrected chi connectivity index (χ1v) is 7.79. The van der Waals surface area contributed by atoms with Gasteiger partial charge in [0.25, 0.3) is 0 Å². The average Bonchev–Trinajstić information content (AvgIpc) is 2.45. The zero-order valence-electron chi connectivity index (χ0n) is 12.4. The van der Waals surface area contributed by atoms with Crippen molar-refractivity contribution >= 4 is 11.6 Å². The number of hydrogen-bond acceptors (Lipinski definition) is 3. The Morgan fingerprint density at radius 2 is 2.05 bits per heavy atom. The van der Waals surface area contributed by atoms with E-state index in [1.165, 1.54) is 25.7 Å². The van der Waals surface area contributed by atoms with E-state index >= 15 is 0 Å². The second-order valence-corrected chi connectivity index (χ2v) is 6.06. The summed E-state index contributed by atoms with van der Waals surface area (Å²) in [6.07, 6.45) is 5.12. The number of phenolic OH excluding ortho intramolecular Hbond substituents is 1. The second-order valence-electron chi connectivity index (χ2n) is 5.62. The van der Waals surface area contributed by atoms with Crippen molar-refractivity contribution in [2.75, 3.05) is 20.2 Å². The van der Waals surface area contributed by atoms with Gasteiger partial charge in [0.1, 0.15) is 0 Å². The van der Waals surface area contributed by atoms with Crippen LogP contribution in [0.5, 0.6) is 11.5 Å². The number of likely N-dealkylation sites (tertiary alicyclic amines) is 1. The maximum atomic E-state index is 10.2. The smallest absolute Gasteiger partial charge is 0.162 e. The van der Waals surface area contributed by atoms with Crippen LogP contribution in [-0.4, -0.2) is 30.2 Å². The van der Waals surface area contributed by atoms with Gasteiger partial charge in [-0.05, 0) is 37.9 Å². The first-order chi connectivity index (χ1) is 9.63. The maximum absolute atomic E-state index is 10.2. The average molecular weight is 298 g/mol. The Labute approximate surface area is 126 Å². The largest absolute Gasteiger partial charge is 0.504 e. The molecule has 112 valence electrons. The van der Waals surface area contributed by atoms with E-state index in [0.29, 0.717) is 10.8 Å². The number of rotatable bonds is 5. The minimum Gasteiger partial charge on any atom is -0.504 e. The number of aromatic hydroxyl groups is 1.